The molecule has 0 fully saturated rings. The zero-order chi connectivity index (χ0) is 21.1. The quantitative estimate of drug-likeness (QED) is 0.419. The van der Waals surface area contributed by atoms with E-state index in [1.165, 1.54) is 0 Å². The van der Waals surface area contributed by atoms with Gasteiger partial charge in [-0.2, -0.15) is 5.10 Å². The monoisotopic (exact) mass is 418 g/mol. The molecule has 1 amide bonds. The van der Waals surface area contributed by atoms with Crippen molar-refractivity contribution in [1.29, 1.82) is 0 Å². The SMILES string of the molecule is CCCOc1ccc(/C=N\NC(=O)[C@H](C)Oc2ccc(Cl)cc2)c(OCCC)c1. The summed E-state index contributed by atoms with van der Waals surface area (Å²) in [5.41, 5.74) is 3.23. The molecule has 0 spiro atoms. The molecule has 1 N–H and O–H groups in total. The molecule has 7 heteroatoms. The second-order valence-corrected chi connectivity index (χ2v) is 6.78. The average molecular weight is 419 g/mol. The van der Waals surface area contributed by atoms with E-state index in [4.69, 9.17) is 25.8 Å². The summed E-state index contributed by atoms with van der Waals surface area (Å²) in [5, 5.41) is 4.64. The molecule has 156 valence electrons. The topological polar surface area (TPSA) is 69.2 Å². The van der Waals surface area contributed by atoms with Crippen LogP contribution in [0.1, 0.15) is 39.2 Å². The number of hydrogen-bond donors (Lipinski definition) is 1. The van der Waals surface area contributed by atoms with Crippen molar-refractivity contribution in [3.63, 3.8) is 0 Å². The highest BCUT2D eigenvalue weighted by Crippen LogP contribution is 2.24. The molecule has 1 atom stereocenters. The molecular weight excluding hydrogens is 392 g/mol. The van der Waals surface area contributed by atoms with Gasteiger partial charge in [-0.3, -0.25) is 4.79 Å². The molecule has 0 saturated carbocycles. The minimum atomic E-state index is -0.714. The molecule has 2 aromatic rings. The zero-order valence-electron chi connectivity index (χ0n) is 17.0. The molecule has 2 aromatic carbocycles. The largest absolute Gasteiger partial charge is 0.493 e. The van der Waals surface area contributed by atoms with Gasteiger partial charge in [0.25, 0.3) is 5.91 Å². The van der Waals surface area contributed by atoms with Crippen LogP contribution in [0.15, 0.2) is 47.6 Å². The maximum Gasteiger partial charge on any atom is 0.280 e. The fourth-order valence-electron chi connectivity index (χ4n) is 2.30. The summed E-state index contributed by atoms with van der Waals surface area (Å²) >= 11 is 5.84. The Labute approximate surface area is 176 Å². The first kappa shape index (κ1) is 22.6. The van der Waals surface area contributed by atoms with Crippen LogP contribution in [0.5, 0.6) is 17.2 Å². The van der Waals surface area contributed by atoms with Gasteiger partial charge in [-0.1, -0.05) is 25.4 Å². The van der Waals surface area contributed by atoms with E-state index < -0.39 is 6.10 Å². The molecule has 0 heterocycles. The van der Waals surface area contributed by atoms with E-state index >= 15 is 0 Å². The van der Waals surface area contributed by atoms with Crippen molar-refractivity contribution in [2.45, 2.75) is 39.7 Å². The van der Waals surface area contributed by atoms with Gasteiger partial charge in [0, 0.05) is 16.7 Å². The van der Waals surface area contributed by atoms with Crippen LogP contribution < -0.4 is 19.6 Å². The maximum absolute atomic E-state index is 12.2. The summed E-state index contributed by atoms with van der Waals surface area (Å²) in [5.74, 6) is 1.59. The molecule has 0 radical (unpaired) electrons. The normalized spacial score (nSPS) is 11.9. The molecule has 29 heavy (non-hydrogen) atoms. The summed E-state index contributed by atoms with van der Waals surface area (Å²) in [6.07, 6.45) is 2.64. The summed E-state index contributed by atoms with van der Waals surface area (Å²) in [7, 11) is 0. The number of halogens is 1. The van der Waals surface area contributed by atoms with Crippen molar-refractivity contribution in [2.75, 3.05) is 13.2 Å². The average Bonchev–Trinajstić information content (AvgIpc) is 2.73. The molecule has 0 aliphatic heterocycles. The Bertz CT molecular complexity index is 809. The summed E-state index contributed by atoms with van der Waals surface area (Å²) in [4.78, 5) is 12.2. The third-order valence-electron chi connectivity index (χ3n) is 3.79. The first-order chi connectivity index (χ1) is 14.0. The van der Waals surface area contributed by atoms with Crippen LogP contribution in [0, 0.1) is 0 Å². The minimum Gasteiger partial charge on any atom is -0.493 e. The van der Waals surface area contributed by atoms with Crippen molar-refractivity contribution < 1.29 is 19.0 Å². The van der Waals surface area contributed by atoms with Gasteiger partial charge in [0.05, 0.1) is 19.4 Å². The van der Waals surface area contributed by atoms with Gasteiger partial charge < -0.3 is 14.2 Å². The number of carbonyl (C=O) groups is 1. The number of ether oxygens (including phenoxy) is 3. The molecule has 0 aromatic heterocycles. The van der Waals surface area contributed by atoms with E-state index in [0.717, 1.165) is 24.2 Å². The number of carbonyl (C=O) groups excluding carboxylic acids is 1. The predicted octanol–water partition coefficient (Wildman–Crippen LogP) is 4.84. The van der Waals surface area contributed by atoms with Crippen molar-refractivity contribution in [3.05, 3.63) is 53.1 Å². The lowest BCUT2D eigenvalue weighted by Gasteiger charge is -2.13. The van der Waals surface area contributed by atoms with Crippen LogP contribution in [0.4, 0.5) is 0 Å². The van der Waals surface area contributed by atoms with Gasteiger partial charge >= 0.3 is 0 Å². The van der Waals surface area contributed by atoms with E-state index in [9.17, 15) is 4.79 Å². The molecule has 0 unspecified atom stereocenters. The van der Waals surface area contributed by atoms with Crippen LogP contribution in [-0.4, -0.2) is 31.4 Å². The Morgan fingerprint density at radius 2 is 1.72 bits per heavy atom. The van der Waals surface area contributed by atoms with Gasteiger partial charge in [0.1, 0.15) is 17.2 Å². The second-order valence-electron chi connectivity index (χ2n) is 6.34. The Kier molecular flexibility index (Phi) is 9.31. The fourth-order valence-corrected chi connectivity index (χ4v) is 2.42. The number of nitrogens with one attached hydrogen (secondary N) is 1. The van der Waals surface area contributed by atoms with Gasteiger partial charge in [0.2, 0.25) is 0 Å². The summed E-state index contributed by atoms with van der Waals surface area (Å²) < 4.78 is 17.0. The Hall–Kier alpha value is -2.73. The van der Waals surface area contributed by atoms with E-state index in [1.807, 2.05) is 25.1 Å². The minimum absolute atomic E-state index is 0.366. The highest BCUT2D eigenvalue weighted by molar-refractivity contribution is 6.30. The van der Waals surface area contributed by atoms with Crippen molar-refractivity contribution in [3.8, 4) is 17.2 Å². The van der Waals surface area contributed by atoms with Gasteiger partial charge in [-0.05, 0) is 56.2 Å². The lowest BCUT2D eigenvalue weighted by molar-refractivity contribution is -0.127. The van der Waals surface area contributed by atoms with Gasteiger partial charge in [0.15, 0.2) is 6.10 Å². The Morgan fingerprint density at radius 1 is 1.07 bits per heavy atom. The summed E-state index contributed by atoms with van der Waals surface area (Å²) in [6.45, 7) is 6.96. The van der Waals surface area contributed by atoms with Crippen LogP contribution >= 0.6 is 11.6 Å². The van der Waals surface area contributed by atoms with E-state index in [1.54, 1.807) is 37.4 Å². The number of hydrogen-bond acceptors (Lipinski definition) is 5. The summed E-state index contributed by atoms with van der Waals surface area (Å²) in [6, 6.07) is 12.3. The highest BCUT2D eigenvalue weighted by Gasteiger charge is 2.14. The zero-order valence-corrected chi connectivity index (χ0v) is 17.7. The smallest absolute Gasteiger partial charge is 0.280 e. The lowest BCUT2D eigenvalue weighted by Crippen LogP contribution is -2.33. The third-order valence-corrected chi connectivity index (χ3v) is 4.05. The molecule has 0 saturated heterocycles. The predicted molar refractivity (Wildman–Crippen MR) is 115 cm³/mol. The Morgan fingerprint density at radius 3 is 2.41 bits per heavy atom. The number of benzene rings is 2. The molecule has 0 aliphatic carbocycles. The number of amides is 1. The number of nitrogens with zero attached hydrogens (tertiary/aromatic N) is 1. The standard InChI is InChI=1S/C22H27ClN2O4/c1-4-12-27-20-9-6-17(21(14-20)28-13-5-2)15-24-25-22(26)16(3)29-19-10-7-18(23)8-11-19/h6-11,14-16H,4-5,12-13H2,1-3H3,(H,25,26)/b24-15-/t16-/m0/s1. The molecule has 2 rings (SSSR count). The van der Waals surface area contributed by atoms with E-state index in [-0.39, 0.29) is 5.91 Å². The van der Waals surface area contributed by atoms with E-state index in [0.29, 0.717) is 29.7 Å². The molecule has 6 nitrogen and oxygen atoms in total. The molecule has 0 bridgehead atoms. The number of rotatable bonds is 11. The maximum atomic E-state index is 12.2. The Balaban J connectivity index is 1.97. The molecule has 0 aliphatic rings. The highest BCUT2D eigenvalue weighted by atomic mass is 35.5. The lowest BCUT2D eigenvalue weighted by atomic mass is 10.2. The van der Waals surface area contributed by atoms with Crippen LogP contribution in [0.25, 0.3) is 0 Å². The fraction of sp³-hybridized carbons (Fsp3) is 0.364. The van der Waals surface area contributed by atoms with Crippen molar-refractivity contribution >= 4 is 23.7 Å². The van der Waals surface area contributed by atoms with E-state index in [2.05, 4.69) is 17.5 Å². The van der Waals surface area contributed by atoms with Crippen LogP contribution in [0.3, 0.4) is 0 Å². The van der Waals surface area contributed by atoms with Crippen molar-refractivity contribution in [2.24, 2.45) is 5.10 Å². The first-order valence-corrected chi connectivity index (χ1v) is 10.1. The third kappa shape index (κ3) is 7.66. The van der Waals surface area contributed by atoms with Crippen molar-refractivity contribution in [1.82, 2.24) is 5.43 Å². The number of hydrazone groups is 1. The first-order valence-electron chi connectivity index (χ1n) is 9.68. The second kappa shape index (κ2) is 12.0. The molecular formula is C22H27ClN2O4. The van der Waals surface area contributed by atoms with Crippen LogP contribution in [0.2, 0.25) is 5.02 Å². The van der Waals surface area contributed by atoms with Gasteiger partial charge in [-0.15, -0.1) is 0 Å². The van der Waals surface area contributed by atoms with Crippen LogP contribution in [-0.2, 0) is 4.79 Å². The van der Waals surface area contributed by atoms with Gasteiger partial charge in [-0.25, -0.2) is 5.43 Å².